The van der Waals surface area contributed by atoms with Crippen molar-refractivity contribution in [2.75, 3.05) is 11.9 Å². The lowest BCUT2D eigenvalue weighted by Gasteiger charge is -2.08. The highest BCUT2D eigenvalue weighted by molar-refractivity contribution is 6.31. The van der Waals surface area contributed by atoms with E-state index in [1.165, 1.54) is 0 Å². The van der Waals surface area contributed by atoms with Crippen LogP contribution in [0.15, 0.2) is 42.5 Å². The Bertz CT molecular complexity index is 729. The number of aliphatic hydroxyl groups is 1. The van der Waals surface area contributed by atoms with Crippen molar-refractivity contribution in [2.45, 2.75) is 6.92 Å². The number of benzene rings is 2. The third kappa shape index (κ3) is 4.09. The Labute approximate surface area is 128 Å². The van der Waals surface area contributed by atoms with Crippen LogP contribution in [-0.4, -0.2) is 17.6 Å². The lowest BCUT2D eigenvalue weighted by Crippen LogP contribution is -2.13. The van der Waals surface area contributed by atoms with Gasteiger partial charge in [0.1, 0.15) is 6.61 Å². The van der Waals surface area contributed by atoms with Crippen LogP contribution in [-0.2, 0) is 0 Å². The third-order valence-corrected chi connectivity index (χ3v) is 3.11. The van der Waals surface area contributed by atoms with Gasteiger partial charge in [-0.25, -0.2) is 0 Å². The molecule has 2 aromatic rings. The predicted molar refractivity (Wildman–Crippen MR) is 84.5 cm³/mol. The van der Waals surface area contributed by atoms with E-state index < -0.39 is 0 Å². The molecule has 0 unspecified atom stereocenters. The summed E-state index contributed by atoms with van der Waals surface area (Å²) < 4.78 is 0. The molecule has 0 atom stereocenters. The summed E-state index contributed by atoms with van der Waals surface area (Å²) in [6, 6.07) is 12.3. The Hall–Kier alpha value is -2.28. The van der Waals surface area contributed by atoms with Crippen molar-refractivity contribution >= 4 is 23.2 Å². The Morgan fingerprint density at radius 2 is 2.10 bits per heavy atom. The second-order valence-electron chi connectivity index (χ2n) is 4.45. The Kier molecular flexibility index (Phi) is 4.99. The summed E-state index contributed by atoms with van der Waals surface area (Å²) in [6.07, 6.45) is 0. The van der Waals surface area contributed by atoms with Crippen molar-refractivity contribution in [3.8, 4) is 11.8 Å². The molecule has 0 aromatic heterocycles. The molecule has 0 aliphatic rings. The first-order valence-electron chi connectivity index (χ1n) is 6.37. The number of aryl methyl sites for hydroxylation is 1. The Morgan fingerprint density at radius 3 is 2.81 bits per heavy atom. The molecule has 0 aliphatic carbocycles. The van der Waals surface area contributed by atoms with Crippen LogP contribution in [0.2, 0.25) is 5.02 Å². The zero-order chi connectivity index (χ0) is 15.2. The number of carbonyl (C=O) groups is 1. The molecule has 2 rings (SSSR count). The maximum Gasteiger partial charge on any atom is 0.255 e. The number of anilines is 1. The van der Waals surface area contributed by atoms with Gasteiger partial charge < -0.3 is 10.4 Å². The zero-order valence-corrected chi connectivity index (χ0v) is 12.2. The molecule has 0 aliphatic heterocycles. The van der Waals surface area contributed by atoms with E-state index in [2.05, 4.69) is 17.2 Å². The van der Waals surface area contributed by atoms with Crippen molar-refractivity contribution in [2.24, 2.45) is 0 Å². The average molecular weight is 300 g/mol. The van der Waals surface area contributed by atoms with E-state index in [4.69, 9.17) is 16.7 Å². The summed E-state index contributed by atoms with van der Waals surface area (Å²) in [7, 11) is 0. The monoisotopic (exact) mass is 299 g/mol. The molecule has 2 aromatic carbocycles. The number of halogens is 1. The van der Waals surface area contributed by atoms with E-state index in [0.29, 0.717) is 21.8 Å². The summed E-state index contributed by atoms with van der Waals surface area (Å²) in [6.45, 7) is 1.65. The molecule has 0 heterocycles. The summed E-state index contributed by atoms with van der Waals surface area (Å²) in [5, 5.41) is 12.1. The van der Waals surface area contributed by atoms with Crippen LogP contribution >= 0.6 is 11.6 Å². The molecular weight excluding hydrogens is 286 g/mol. The van der Waals surface area contributed by atoms with Gasteiger partial charge in [0.2, 0.25) is 0 Å². The highest BCUT2D eigenvalue weighted by Gasteiger charge is 2.10. The molecule has 0 spiro atoms. The fourth-order valence-corrected chi connectivity index (χ4v) is 2.04. The number of amides is 1. The van der Waals surface area contributed by atoms with Crippen LogP contribution in [0.5, 0.6) is 0 Å². The highest BCUT2D eigenvalue weighted by atomic mass is 35.5. The SMILES string of the molecule is Cc1ccc(C#CCO)cc1C(=O)Nc1cccc(Cl)c1. The van der Waals surface area contributed by atoms with Crippen molar-refractivity contribution in [3.05, 3.63) is 64.2 Å². The number of carbonyl (C=O) groups excluding carboxylic acids is 1. The summed E-state index contributed by atoms with van der Waals surface area (Å²) in [5.41, 5.74) is 2.72. The molecule has 0 fully saturated rings. The summed E-state index contributed by atoms with van der Waals surface area (Å²) in [5.74, 6) is 5.13. The van der Waals surface area contributed by atoms with Gasteiger partial charge >= 0.3 is 0 Å². The molecule has 3 nitrogen and oxygen atoms in total. The summed E-state index contributed by atoms with van der Waals surface area (Å²) >= 11 is 5.89. The smallest absolute Gasteiger partial charge is 0.255 e. The van der Waals surface area contributed by atoms with Crippen molar-refractivity contribution in [3.63, 3.8) is 0 Å². The number of hydrogen-bond donors (Lipinski definition) is 2. The molecule has 0 bridgehead atoms. The molecule has 106 valence electrons. The number of nitrogens with one attached hydrogen (secondary N) is 1. The van der Waals surface area contributed by atoms with Gasteiger partial charge in [0.05, 0.1) is 0 Å². The van der Waals surface area contributed by atoms with E-state index in [1.807, 2.05) is 19.1 Å². The minimum atomic E-state index is -0.220. The molecule has 0 saturated carbocycles. The van der Waals surface area contributed by atoms with Gasteiger partial charge in [-0.1, -0.05) is 35.6 Å². The highest BCUT2D eigenvalue weighted by Crippen LogP contribution is 2.17. The van der Waals surface area contributed by atoms with Crippen LogP contribution in [0, 0.1) is 18.8 Å². The van der Waals surface area contributed by atoms with Crippen LogP contribution in [0.3, 0.4) is 0 Å². The molecule has 21 heavy (non-hydrogen) atoms. The van der Waals surface area contributed by atoms with Gasteiger partial charge in [0.25, 0.3) is 5.91 Å². The van der Waals surface area contributed by atoms with Gasteiger partial charge in [-0.15, -0.1) is 0 Å². The lowest BCUT2D eigenvalue weighted by atomic mass is 10.0. The predicted octanol–water partition coefficient (Wildman–Crippen LogP) is 3.24. The first-order valence-corrected chi connectivity index (χ1v) is 6.75. The van der Waals surface area contributed by atoms with E-state index >= 15 is 0 Å². The van der Waals surface area contributed by atoms with Gasteiger partial charge in [0.15, 0.2) is 0 Å². The van der Waals surface area contributed by atoms with Gasteiger partial charge in [-0.2, -0.15) is 0 Å². The second-order valence-corrected chi connectivity index (χ2v) is 4.89. The number of aliphatic hydroxyl groups excluding tert-OH is 1. The first kappa shape index (κ1) is 15.1. The van der Waals surface area contributed by atoms with E-state index in [0.717, 1.165) is 5.56 Å². The maximum atomic E-state index is 12.3. The fourth-order valence-electron chi connectivity index (χ4n) is 1.85. The van der Waals surface area contributed by atoms with Crippen molar-refractivity contribution in [1.29, 1.82) is 0 Å². The quantitative estimate of drug-likeness (QED) is 0.836. The van der Waals surface area contributed by atoms with E-state index in [-0.39, 0.29) is 12.5 Å². The van der Waals surface area contributed by atoms with Crippen LogP contribution in [0.1, 0.15) is 21.5 Å². The molecule has 0 radical (unpaired) electrons. The standard InChI is InChI=1S/C17H14ClNO2/c1-12-7-8-13(4-3-9-20)10-16(12)17(21)19-15-6-2-5-14(18)11-15/h2,5-8,10-11,20H,9H2,1H3,(H,19,21). The van der Waals surface area contributed by atoms with Crippen LogP contribution < -0.4 is 5.32 Å². The molecule has 0 saturated heterocycles. The minimum Gasteiger partial charge on any atom is -0.384 e. The summed E-state index contributed by atoms with van der Waals surface area (Å²) in [4.78, 5) is 12.3. The van der Waals surface area contributed by atoms with Crippen LogP contribution in [0.25, 0.3) is 0 Å². The van der Waals surface area contributed by atoms with Gasteiger partial charge in [-0.3, -0.25) is 4.79 Å². The molecule has 4 heteroatoms. The topological polar surface area (TPSA) is 49.3 Å². The first-order chi connectivity index (χ1) is 10.1. The third-order valence-electron chi connectivity index (χ3n) is 2.88. The Morgan fingerprint density at radius 1 is 1.29 bits per heavy atom. The fraction of sp³-hybridized carbons (Fsp3) is 0.118. The average Bonchev–Trinajstić information content (AvgIpc) is 2.46. The van der Waals surface area contributed by atoms with E-state index in [9.17, 15) is 4.79 Å². The van der Waals surface area contributed by atoms with Gasteiger partial charge in [-0.05, 0) is 42.8 Å². The Balaban J connectivity index is 2.26. The molecule has 2 N–H and O–H groups in total. The van der Waals surface area contributed by atoms with Crippen molar-refractivity contribution in [1.82, 2.24) is 0 Å². The zero-order valence-electron chi connectivity index (χ0n) is 11.5. The van der Waals surface area contributed by atoms with E-state index in [1.54, 1.807) is 30.3 Å². The van der Waals surface area contributed by atoms with Crippen LogP contribution in [0.4, 0.5) is 5.69 Å². The largest absolute Gasteiger partial charge is 0.384 e. The molecule has 1 amide bonds. The van der Waals surface area contributed by atoms with Crippen molar-refractivity contribution < 1.29 is 9.90 Å². The molecular formula is C17H14ClNO2. The number of rotatable bonds is 2. The lowest BCUT2D eigenvalue weighted by molar-refractivity contribution is 0.102. The second kappa shape index (κ2) is 6.94. The normalized spacial score (nSPS) is 9.67. The number of hydrogen-bond acceptors (Lipinski definition) is 2. The van der Waals surface area contributed by atoms with Gasteiger partial charge in [0, 0.05) is 21.8 Å². The minimum absolute atomic E-state index is 0.210. The maximum absolute atomic E-state index is 12.3.